The Hall–Kier alpha value is -2.22. The summed E-state index contributed by atoms with van der Waals surface area (Å²) in [6, 6.07) is 7.60. The van der Waals surface area contributed by atoms with E-state index in [4.69, 9.17) is 4.42 Å². The molecule has 1 fully saturated rings. The first-order chi connectivity index (χ1) is 10.7. The predicted molar refractivity (Wildman–Crippen MR) is 77.6 cm³/mol. The summed E-state index contributed by atoms with van der Waals surface area (Å²) >= 11 is 0.801. The van der Waals surface area contributed by atoms with E-state index < -0.39 is 27.6 Å². The van der Waals surface area contributed by atoms with Crippen molar-refractivity contribution in [3.05, 3.63) is 47.7 Å². The van der Waals surface area contributed by atoms with Crippen LogP contribution < -0.4 is 5.32 Å². The first kappa shape index (κ1) is 15.7. The number of amides is 2. The number of thioether (sulfide) groups is 1. The zero-order valence-electron chi connectivity index (χ0n) is 11.7. The van der Waals surface area contributed by atoms with E-state index in [2.05, 4.69) is 5.32 Å². The Morgan fingerprint density at radius 2 is 1.74 bits per heavy atom. The Morgan fingerprint density at radius 3 is 2.26 bits per heavy atom. The largest absolute Gasteiger partial charge is 0.459 e. The van der Waals surface area contributed by atoms with Crippen LogP contribution in [0.25, 0.3) is 11.3 Å². The quantitative estimate of drug-likeness (QED) is 0.891. The van der Waals surface area contributed by atoms with Gasteiger partial charge in [0.25, 0.3) is 11.1 Å². The molecule has 0 saturated carbocycles. The van der Waals surface area contributed by atoms with Crippen LogP contribution in [0.4, 0.5) is 18.0 Å². The SMILES string of the molecule is CC1(c2ccc(-c3ccc(C(F)(F)F)cc3)o2)SC(=O)NC1=O. The van der Waals surface area contributed by atoms with Crippen molar-refractivity contribution < 1.29 is 27.2 Å². The number of hydrogen-bond acceptors (Lipinski definition) is 4. The number of nitrogens with one attached hydrogen (secondary N) is 1. The van der Waals surface area contributed by atoms with Crippen molar-refractivity contribution in [1.82, 2.24) is 5.32 Å². The number of benzene rings is 1. The maximum atomic E-state index is 12.6. The van der Waals surface area contributed by atoms with Gasteiger partial charge in [-0.2, -0.15) is 13.2 Å². The molecule has 1 N–H and O–H groups in total. The van der Waals surface area contributed by atoms with Gasteiger partial charge >= 0.3 is 6.18 Å². The summed E-state index contributed by atoms with van der Waals surface area (Å²) in [5, 5.41) is 1.71. The number of carbonyl (C=O) groups excluding carboxylic acids is 2. The molecule has 2 amide bonds. The molecule has 120 valence electrons. The second kappa shape index (κ2) is 5.16. The minimum atomic E-state index is -4.40. The van der Waals surface area contributed by atoms with Crippen LogP contribution in [-0.4, -0.2) is 11.1 Å². The average molecular weight is 341 g/mol. The molecule has 3 rings (SSSR count). The number of alkyl halides is 3. The molecule has 0 bridgehead atoms. The van der Waals surface area contributed by atoms with Gasteiger partial charge in [-0.05, 0) is 43.0 Å². The van der Waals surface area contributed by atoms with Gasteiger partial charge in [-0.1, -0.05) is 12.1 Å². The zero-order chi connectivity index (χ0) is 16.8. The van der Waals surface area contributed by atoms with Gasteiger partial charge < -0.3 is 4.42 Å². The zero-order valence-corrected chi connectivity index (χ0v) is 12.5. The van der Waals surface area contributed by atoms with Crippen LogP contribution in [0.5, 0.6) is 0 Å². The van der Waals surface area contributed by atoms with E-state index in [0.717, 1.165) is 23.9 Å². The lowest BCUT2D eigenvalue weighted by Gasteiger charge is -2.14. The van der Waals surface area contributed by atoms with Crippen LogP contribution in [0.3, 0.4) is 0 Å². The summed E-state index contributed by atoms with van der Waals surface area (Å²) in [7, 11) is 0. The summed E-state index contributed by atoms with van der Waals surface area (Å²) in [5.41, 5.74) is -0.307. The molecule has 1 aromatic carbocycles. The van der Waals surface area contributed by atoms with Gasteiger partial charge in [0.1, 0.15) is 11.5 Å². The molecule has 2 heterocycles. The molecule has 1 unspecified atom stereocenters. The molecule has 1 aromatic heterocycles. The third kappa shape index (κ3) is 2.74. The van der Waals surface area contributed by atoms with Crippen molar-refractivity contribution in [3.63, 3.8) is 0 Å². The Morgan fingerprint density at radius 1 is 1.09 bits per heavy atom. The number of halogens is 3. The summed E-state index contributed by atoms with van der Waals surface area (Å²) < 4.78 is 42.1. The number of carbonyl (C=O) groups is 2. The second-order valence-corrected chi connectivity index (χ2v) is 6.51. The first-order valence-electron chi connectivity index (χ1n) is 6.52. The van der Waals surface area contributed by atoms with Gasteiger partial charge in [0.05, 0.1) is 5.56 Å². The summed E-state index contributed by atoms with van der Waals surface area (Å²) in [4.78, 5) is 23.2. The summed E-state index contributed by atoms with van der Waals surface area (Å²) in [6.45, 7) is 1.55. The monoisotopic (exact) mass is 341 g/mol. The van der Waals surface area contributed by atoms with Crippen molar-refractivity contribution >= 4 is 22.9 Å². The first-order valence-corrected chi connectivity index (χ1v) is 7.34. The number of rotatable bonds is 2. The highest BCUT2D eigenvalue weighted by Crippen LogP contribution is 2.43. The average Bonchev–Trinajstić information content (AvgIpc) is 3.05. The molecule has 2 aromatic rings. The van der Waals surface area contributed by atoms with Crippen molar-refractivity contribution in [3.8, 4) is 11.3 Å². The molecule has 4 nitrogen and oxygen atoms in total. The Bertz CT molecular complexity index is 782. The molecular weight excluding hydrogens is 331 g/mol. The van der Waals surface area contributed by atoms with Crippen LogP contribution >= 0.6 is 11.8 Å². The van der Waals surface area contributed by atoms with Crippen LogP contribution in [0.15, 0.2) is 40.8 Å². The Balaban J connectivity index is 1.91. The van der Waals surface area contributed by atoms with Crippen molar-refractivity contribution in [2.24, 2.45) is 0 Å². The number of hydrogen-bond donors (Lipinski definition) is 1. The van der Waals surface area contributed by atoms with E-state index >= 15 is 0 Å². The van der Waals surface area contributed by atoms with Crippen molar-refractivity contribution in [2.45, 2.75) is 17.8 Å². The van der Waals surface area contributed by atoms with Crippen molar-refractivity contribution in [1.29, 1.82) is 0 Å². The maximum Gasteiger partial charge on any atom is 0.416 e. The normalized spacial score (nSPS) is 21.6. The highest BCUT2D eigenvalue weighted by molar-refractivity contribution is 8.15. The second-order valence-electron chi connectivity index (χ2n) is 5.12. The van der Waals surface area contributed by atoms with Crippen LogP contribution in [0.1, 0.15) is 18.2 Å². The Kier molecular flexibility index (Phi) is 3.51. The number of imide groups is 1. The lowest BCUT2D eigenvalue weighted by Crippen LogP contribution is -2.31. The molecule has 23 heavy (non-hydrogen) atoms. The highest BCUT2D eigenvalue weighted by Gasteiger charge is 2.47. The van der Waals surface area contributed by atoms with Gasteiger partial charge in [0, 0.05) is 5.56 Å². The molecule has 0 aliphatic carbocycles. The van der Waals surface area contributed by atoms with Crippen LogP contribution in [0.2, 0.25) is 0 Å². The fourth-order valence-electron chi connectivity index (χ4n) is 2.20. The van der Waals surface area contributed by atoms with Crippen molar-refractivity contribution in [2.75, 3.05) is 0 Å². The van der Waals surface area contributed by atoms with Gasteiger partial charge in [-0.3, -0.25) is 14.9 Å². The standard InChI is InChI=1S/C15H10F3NO3S/c1-14(12(20)19-13(21)23-14)11-7-6-10(22-11)8-2-4-9(5-3-8)15(16,17)18/h2-7H,1H3,(H,19,20,21). The van der Waals surface area contributed by atoms with E-state index in [1.54, 1.807) is 13.0 Å². The third-order valence-electron chi connectivity index (χ3n) is 3.52. The van der Waals surface area contributed by atoms with E-state index in [1.165, 1.54) is 18.2 Å². The number of furan rings is 1. The topological polar surface area (TPSA) is 59.3 Å². The molecule has 1 atom stereocenters. The molecular formula is C15H10F3NO3S. The Labute approximate surface area is 133 Å². The fourth-order valence-corrected chi connectivity index (χ4v) is 3.07. The molecule has 1 aliphatic rings. The summed E-state index contributed by atoms with van der Waals surface area (Å²) in [5.74, 6) is 0.101. The van der Waals surface area contributed by atoms with E-state index in [1.807, 2.05) is 0 Å². The van der Waals surface area contributed by atoms with Gasteiger partial charge in [-0.25, -0.2) is 0 Å². The van der Waals surface area contributed by atoms with Gasteiger partial charge in [0.15, 0.2) is 4.75 Å². The van der Waals surface area contributed by atoms with Crippen LogP contribution in [-0.2, 0) is 15.7 Å². The minimum Gasteiger partial charge on any atom is -0.459 e. The lowest BCUT2D eigenvalue weighted by molar-refractivity contribution is -0.137. The fraction of sp³-hybridized carbons (Fsp3) is 0.200. The molecule has 0 spiro atoms. The van der Waals surface area contributed by atoms with Crippen LogP contribution in [0, 0.1) is 0 Å². The van der Waals surface area contributed by atoms with Gasteiger partial charge in [0.2, 0.25) is 0 Å². The molecule has 0 radical (unpaired) electrons. The van der Waals surface area contributed by atoms with E-state index in [9.17, 15) is 22.8 Å². The summed E-state index contributed by atoms with van der Waals surface area (Å²) in [6.07, 6.45) is -4.40. The maximum absolute atomic E-state index is 12.6. The molecule has 1 saturated heterocycles. The smallest absolute Gasteiger partial charge is 0.416 e. The van der Waals surface area contributed by atoms with Gasteiger partial charge in [-0.15, -0.1) is 0 Å². The third-order valence-corrected chi connectivity index (χ3v) is 4.60. The predicted octanol–water partition coefficient (Wildman–Crippen LogP) is 4.16. The van der Waals surface area contributed by atoms with E-state index in [-0.39, 0.29) is 5.76 Å². The minimum absolute atomic E-state index is 0.265. The lowest BCUT2D eigenvalue weighted by atomic mass is 10.1. The van der Waals surface area contributed by atoms with E-state index in [0.29, 0.717) is 11.3 Å². The highest BCUT2D eigenvalue weighted by atomic mass is 32.2. The molecule has 8 heteroatoms. The molecule has 1 aliphatic heterocycles.